The molecule has 3 aromatic rings. The molecule has 0 aliphatic rings. The first kappa shape index (κ1) is 14.8. The molecule has 23 heavy (non-hydrogen) atoms. The van der Waals surface area contributed by atoms with Crippen molar-refractivity contribution in [3.8, 4) is 0 Å². The molecule has 3 rings (SSSR count). The quantitative estimate of drug-likeness (QED) is 0.775. The van der Waals surface area contributed by atoms with E-state index in [1.54, 1.807) is 30.3 Å². The molecule has 0 saturated carbocycles. The van der Waals surface area contributed by atoms with Gasteiger partial charge in [-0.25, -0.2) is 0 Å². The highest BCUT2D eigenvalue weighted by Gasteiger charge is 2.13. The van der Waals surface area contributed by atoms with E-state index in [0.717, 1.165) is 5.39 Å². The molecule has 0 saturated heterocycles. The first-order valence-corrected chi connectivity index (χ1v) is 7.35. The zero-order chi connectivity index (χ0) is 16.2. The van der Waals surface area contributed by atoms with Gasteiger partial charge in [0, 0.05) is 23.2 Å². The molecule has 0 bridgehead atoms. The molecule has 2 N–H and O–H groups in total. The number of rotatable bonds is 4. The van der Waals surface area contributed by atoms with Crippen LogP contribution in [0.1, 0.15) is 27.8 Å². The number of carbonyl (C=O) groups excluding carboxylic acids is 2. The molecule has 116 valence electrons. The first-order chi connectivity index (χ1) is 11.2. The zero-order valence-electron chi connectivity index (χ0n) is 12.6. The molecular weight excluding hydrogens is 292 g/mol. The summed E-state index contributed by atoms with van der Waals surface area (Å²) in [6, 6.07) is 15.9. The fourth-order valence-electron chi connectivity index (χ4n) is 2.29. The van der Waals surface area contributed by atoms with Gasteiger partial charge >= 0.3 is 0 Å². The molecule has 0 spiro atoms. The normalized spacial score (nSPS) is 10.5. The Balaban J connectivity index is 1.79. The van der Waals surface area contributed by atoms with E-state index in [-0.39, 0.29) is 17.6 Å². The summed E-state index contributed by atoms with van der Waals surface area (Å²) in [6.45, 7) is 2.40. The third-order valence-corrected chi connectivity index (χ3v) is 3.37. The second-order valence-electron chi connectivity index (χ2n) is 5.04. The van der Waals surface area contributed by atoms with Crippen molar-refractivity contribution in [2.24, 2.45) is 0 Å². The summed E-state index contributed by atoms with van der Waals surface area (Å²) in [7, 11) is 0. The number of hydrogen-bond acceptors (Lipinski definition) is 3. The van der Waals surface area contributed by atoms with Gasteiger partial charge in [0.1, 0.15) is 5.58 Å². The van der Waals surface area contributed by atoms with Crippen molar-refractivity contribution in [1.29, 1.82) is 0 Å². The summed E-state index contributed by atoms with van der Waals surface area (Å²) in [4.78, 5) is 24.1. The summed E-state index contributed by atoms with van der Waals surface area (Å²) < 4.78 is 5.53. The van der Waals surface area contributed by atoms with Crippen molar-refractivity contribution in [2.45, 2.75) is 6.92 Å². The van der Waals surface area contributed by atoms with Gasteiger partial charge in [-0.3, -0.25) is 9.59 Å². The minimum Gasteiger partial charge on any atom is -0.451 e. The van der Waals surface area contributed by atoms with Crippen LogP contribution in [0.3, 0.4) is 0 Å². The summed E-state index contributed by atoms with van der Waals surface area (Å²) >= 11 is 0. The van der Waals surface area contributed by atoms with Crippen molar-refractivity contribution in [2.75, 3.05) is 11.9 Å². The molecular formula is C18H16N2O3. The number of para-hydroxylation sites is 1. The number of hydrogen-bond donors (Lipinski definition) is 2. The van der Waals surface area contributed by atoms with Crippen molar-refractivity contribution in [3.05, 3.63) is 65.9 Å². The van der Waals surface area contributed by atoms with E-state index in [2.05, 4.69) is 10.6 Å². The SMILES string of the molecule is CCNC(=O)c1cccc(NC(=O)c2cc3ccccc3o2)c1. The number of carbonyl (C=O) groups is 2. The Morgan fingerprint density at radius 2 is 1.83 bits per heavy atom. The van der Waals surface area contributed by atoms with E-state index in [1.165, 1.54) is 0 Å². The molecule has 0 aliphatic heterocycles. The van der Waals surface area contributed by atoms with Crippen molar-refractivity contribution < 1.29 is 14.0 Å². The number of anilines is 1. The average molecular weight is 308 g/mol. The van der Waals surface area contributed by atoms with Gasteiger partial charge in [0.05, 0.1) is 0 Å². The van der Waals surface area contributed by atoms with Gasteiger partial charge in [-0.2, -0.15) is 0 Å². The molecule has 1 heterocycles. The molecule has 5 nitrogen and oxygen atoms in total. The second-order valence-corrected chi connectivity index (χ2v) is 5.04. The zero-order valence-corrected chi connectivity index (χ0v) is 12.6. The number of furan rings is 1. The van der Waals surface area contributed by atoms with Crippen molar-refractivity contribution in [1.82, 2.24) is 5.32 Å². The van der Waals surface area contributed by atoms with E-state index in [1.807, 2.05) is 31.2 Å². The number of fused-ring (bicyclic) bond motifs is 1. The predicted octanol–water partition coefficient (Wildman–Crippen LogP) is 3.43. The van der Waals surface area contributed by atoms with Gasteiger partial charge in [0.15, 0.2) is 5.76 Å². The van der Waals surface area contributed by atoms with E-state index < -0.39 is 0 Å². The highest BCUT2D eigenvalue weighted by atomic mass is 16.3. The van der Waals surface area contributed by atoms with Crippen LogP contribution in [0, 0.1) is 0 Å². The Labute approximate surface area is 133 Å². The molecule has 0 fully saturated rings. The van der Waals surface area contributed by atoms with Crippen LogP contribution in [0.25, 0.3) is 11.0 Å². The first-order valence-electron chi connectivity index (χ1n) is 7.35. The highest BCUT2D eigenvalue weighted by Crippen LogP contribution is 2.20. The molecule has 0 aliphatic carbocycles. The van der Waals surface area contributed by atoms with Crippen molar-refractivity contribution in [3.63, 3.8) is 0 Å². The minimum absolute atomic E-state index is 0.174. The van der Waals surface area contributed by atoms with Gasteiger partial charge in [0.2, 0.25) is 0 Å². The molecule has 5 heteroatoms. The topological polar surface area (TPSA) is 71.3 Å². The van der Waals surface area contributed by atoms with Crippen LogP contribution in [-0.4, -0.2) is 18.4 Å². The third kappa shape index (κ3) is 3.23. The van der Waals surface area contributed by atoms with Gasteiger partial charge in [-0.1, -0.05) is 24.3 Å². The van der Waals surface area contributed by atoms with Gasteiger partial charge in [0.25, 0.3) is 11.8 Å². The monoisotopic (exact) mass is 308 g/mol. The standard InChI is InChI=1S/C18H16N2O3/c1-2-19-17(21)13-7-5-8-14(10-13)20-18(22)16-11-12-6-3-4-9-15(12)23-16/h3-11H,2H2,1H3,(H,19,21)(H,20,22). The molecule has 0 radical (unpaired) electrons. The van der Waals surface area contributed by atoms with Crippen LogP contribution >= 0.6 is 0 Å². The lowest BCUT2D eigenvalue weighted by atomic mass is 10.2. The maximum absolute atomic E-state index is 12.3. The smallest absolute Gasteiger partial charge is 0.291 e. The maximum Gasteiger partial charge on any atom is 0.291 e. The minimum atomic E-state index is -0.353. The number of nitrogens with one attached hydrogen (secondary N) is 2. The Morgan fingerprint density at radius 1 is 1.00 bits per heavy atom. The van der Waals surface area contributed by atoms with E-state index in [9.17, 15) is 9.59 Å². The predicted molar refractivity (Wildman–Crippen MR) is 88.6 cm³/mol. The molecule has 1 aromatic heterocycles. The van der Waals surface area contributed by atoms with Gasteiger partial charge in [-0.15, -0.1) is 0 Å². The van der Waals surface area contributed by atoms with E-state index in [4.69, 9.17) is 4.42 Å². The molecule has 0 atom stereocenters. The summed E-state index contributed by atoms with van der Waals surface area (Å²) in [5.41, 5.74) is 1.70. The van der Waals surface area contributed by atoms with Crippen LogP contribution in [0.2, 0.25) is 0 Å². The average Bonchev–Trinajstić information content (AvgIpc) is 2.99. The molecule has 0 unspecified atom stereocenters. The van der Waals surface area contributed by atoms with Crippen molar-refractivity contribution >= 4 is 28.5 Å². The maximum atomic E-state index is 12.3. The van der Waals surface area contributed by atoms with Crippen LogP contribution in [-0.2, 0) is 0 Å². The van der Waals surface area contributed by atoms with E-state index in [0.29, 0.717) is 23.4 Å². The largest absolute Gasteiger partial charge is 0.451 e. The van der Waals surface area contributed by atoms with Crippen LogP contribution in [0.5, 0.6) is 0 Å². The Kier molecular flexibility index (Phi) is 4.10. The molecule has 2 amide bonds. The fourth-order valence-corrected chi connectivity index (χ4v) is 2.29. The Bertz CT molecular complexity index is 834. The summed E-state index contributed by atoms with van der Waals surface area (Å²) in [5.74, 6) is -0.295. The van der Waals surface area contributed by atoms with E-state index >= 15 is 0 Å². The second kappa shape index (κ2) is 6.36. The number of benzene rings is 2. The van der Waals surface area contributed by atoms with Gasteiger partial charge in [-0.05, 0) is 37.3 Å². The number of amides is 2. The van der Waals surface area contributed by atoms with Gasteiger partial charge < -0.3 is 15.1 Å². The van der Waals surface area contributed by atoms with Crippen LogP contribution < -0.4 is 10.6 Å². The van der Waals surface area contributed by atoms with Crippen LogP contribution in [0.4, 0.5) is 5.69 Å². The fraction of sp³-hybridized carbons (Fsp3) is 0.111. The highest BCUT2D eigenvalue weighted by molar-refractivity contribution is 6.05. The third-order valence-electron chi connectivity index (χ3n) is 3.37. The molecule has 2 aromatic carbocycles. The summed E-state index contributed by atoms with van der Waals surface area (Å²) in [6.07, 6.45) is 0. The van der Waals surface area contributed by atoms with Crippen LogP contribution in [0.15, 0.2) is 59.0 Å². The lowest BCUT2D eigenvalue weighted by Gasteiger charge is -2.06. The lowest BCUT2D eigenvalue weighted by molar-refractivity contribution is 0.0953. The summed E-state index contributed by atoms with van der Waals surface area (Å²) in [5, 5.41) is 6.33. The lowest BCUT2D eigenvalue weighted by Crippen LogP contribution is -2.22. The Morgan fingerprint density at radius 3 is 2.61 bits per heavy atom. The Hall–Kier alpha value is -3.08.